The van der Waals surface area contributed by atoms with Crippen molar-refractivity contribution in [3.05, 3.63) is 124 Å². The Morgan fingerprint density at radius 2 is 1.63 bits per heavy atom. The smallest absolute Gasteiger partial charge is 0.252 e. The lowest BCUT2D eigenvalue weighted by Gasteiger charge is -2.36. The number of aryl methyl sites for hydroxylation is 1. The van der Waals surface area contributed by atoms with E-state index in [-0.39, 0.29) is 22.3 Å². The Labute approximate surface area is 350 Å². The fourth-order valence-electron chi connectivity index (χ4n) is 6.93. The Kier molecular flexibility index (Phi) is 15.3. The minimum atomic E-state index is -1.97. The predicted octanol–water partition coefficient (Wildman–Crippen LogP) is 10.4. The normalized spacial score (nSPS) is 12.3. The number of primary amides is 1. The number of aliphatic hydroxyl groups is 1. The number of anilines is 2. The number of phenols is 1. The SMILES string of the molecule is COc1cccc(Nc2c(C(N)=O)cnc3c(C)cc(Cc4cccc(C(=O)NCCCCCCCC[C@H](O)c5ccc(O)c(CO[Si](C)(C)C(C)(C)C)c5)c4)cc23)c1. The van der Waals surface area contributed by atoms with Crippen molar-refractivity contribution in [3.63, 3.8) is 0 Å². The molecule has 0 spiro atoms. The lowest BCUT2D eigenvalue weighted by atomic mass is 9.97. The lowest BCUT2D eigenvalue weighted by Crippen LogP contribution is -2.40. The summed E-state index contributed by atoms with van der Waals surface area (Å²) >= 11 is 0. The molecular formula is C48H62N4O6Si. The molecule has 0 fully saturated rings. The van der Waals surface area contributed by atoms with Gasteiger partial charge in [-0.25, -0.2) is 0 Å². The van der Waals surface area contributed by atoms with E-state index in [0.717, 1.165) is 82.9 Å². The first-order chi connectivity index (χ1) is 28.1. The molecule has 59 heavy (non-hydrogen) atoms. The molecule has 6 N–H and O–H groups in total. The minimum Gasteiger partial charge on any atom is -0.508 e. The molecular weight excluding hydrogens is 757 g/mol. The largest absolute Gasteiger partial charge is 0.508 e. The van der Waals surface area contributed by atoms with Gasteiger partial charge in [0.15, 0.2) is 8.32 Å². The summed E-state index contributed by atoms with van der Waals surface area (Å²) in [5, 5.41) is 28.6. The van der Waals surface area contributed by atoms with Gasteiger partial charge in [0.2, 0.25) is 0 Å². The van der Waals surface area contributed by atoms with Crippen LogP contribution in [-0.2, 0) is 17.5 Å². The molecule has 314 valence electrons. The first kappa shape index (κ1) is 44.9. The average molecular weight is 819 g/mol. The predicted molar refractivity (Wildman–Crippen MR) is 240 cm³/mol. The molecule has 0 aliphatic carbocycles. The number of pyridine rings is 1. The van der Waals surface area contributed by atoms with Gasteiger partial charge in [0.25, 0.3) is 11.8 Å². The number of benzene rings is 4. The molecule has 0 aliphatic rings. The van der Waals surface area contributed by atoms with Crippen LogP contribution in [-0.4, -0.2) is 49.0 Å². The third kappa shape index (κ3) is 12.2. The summed E-state index contributed by atoms with van der Waals surface area (Å²) in [6.07, 6.45) is 8.15. The van der Waals surface area contributed by atoms with Crippen LogP contribution in [0.1, 0.15) is 120 Å². The fourth-order valence-corrected chi connectivity index (χ4v) is 7.87. The van der Waals surface area contributed by atoms with Crippen molar-refractivity contribution in [2.45, 2.75) is 110 Å². The van der Waals surface area contributed by atoms with Crippen LogP contribution >= 0.6 is 0 Å². The topological polar surface area (TPSA) is 156 Å². The fraction of sp³-hybridized carbons (Fsp3) is 0.396. The van der Waals surface area contributed by atoms with Crippen LogP contribution in [0.25, 0.3) is 10.9 Å². The Hall–Kier alpha value is -5.23. The summed E-state index contributed by atoms with van der Waals surface area (Å²) in [4.78, 5) is 30.2. The molecule has 5 aromatic rings. The van der Waals surface area contributed by atoms with Crippen LogP contribution in [0.4, 0.5) is 11.4 Å². The number of methoxy groups -OCH3 is 1. The quantitative estimate of drug-likeness (QED) is 0.0384. The van der Waals surface area contributed by atoms with E-state index in [4.69, 9.17) is 14.9 Å². The van der Waals surface area contributed by atoms with Gasteiger partial charge in [-0.05, 0) is 109 Å². The Balaban J connectivity index is 1.07. The molecule has 4 aromatic carbocycles. The molecule has 1 aromatic heterocycles. The molecule has 0 unspecified atom stereocenters. The summed E-state index contributed by atoms with van der Waals surface area (Å²) < 4.78 is 11.7. The standard InChI is InChI=1S/C48H62N4O6Si/c1-32-24-34(27-40-44(32)51-30-41(46(49)55)45(40)52-38-18-15-19-39(29-38)57-5)25-33-16-14-17-36(26-33)47(56)50-23-13-11-9-8-10-12-20-42(53)35-21-22-43(54)37(28-35)31-58-59(6,7)48(2,3)4/h14-19,21-22,24,26-30,42,53-54H,8-13,20,23,25,31H2,1-7H3,(H2,49,55)(H,50,56)(H,51,52)/t42-/m0/s1. The van der Waals surface area contributed by atoms with Crippen LogP contribution in [0.5, 0.6) is 11.5 Å². The number of aromatic nitrogens is 1. The number of amides is 2. The van der Waals surface area contributed by atoms with E-state index in [0.29, 0.717) is 43.0 Å². The number of nitrogens with two attached hydrogens (primary N) is 1. The molecule has 0 saturated heterocycles. The highest BCUT2D eigenvalue weighted by molar-refractivity contribution is 6.74. The van der Waals surface area contributed by atoms with Crippen LogP contribution in [0.15, 0.2) is 85.1 Å². The van der Waals surface area contributed by atoms with Gasteiger partial charge < -0.3 is 35.7 Å². The zero-order valence-corrected chi connectivity index (χ0v) is 36.8. The Morgan fingerprint density at radius 1 is 0.898 bits per heavy atom. The summed E-state index contributed by atoms with van der Waals surface area (Å²) in [5.41, 5.74) is 13.3. The second-order valence-electron chi connectivity index (χ2n) is 17.1. The van der Waals surface area contributed by atoms with E-state index in [2.05, 4.69) is 55.5 Å². The number of rotatable bonds is 20. The van der Waals surface area contributed by atoms with Crippen molar-refractivity contribution >= 4 is 42.4 Å². The van der Waals surface area contributed by atoms with Crippen LogP contribution < -0.4 is 21.1 Å². The van der Waals surface area contributed by atoms with Crippen molar-refractivity contribution in [2.75, 3.05) is 19.0 Å². The maximum atomic E-state index is 13.1. The van der Waals surface area contributed by atoms with Gasteiger partial charge in [-0.15, -0.1) is 0 Å². The van der Waals surface area contributed by atoms with Crippen molar-refractivity contribution in [3.8, 4) is 11.5 Å². The van der Waals surface area contributed by atoms with Gasteiger partial charge in [-0.2, -0.15) is 0 Å². The minimum absolute atomic E-state index is 0.0764. The summed E-state index contributed by atoms with van der Waals surface area (Å²) in [5.74, 6) is 0.204. The third-order valence-electron chi connectivity index (χ3n) is 11.5. The second-order valence-corrected chi connectivity index (χ2v) is 21.9. The van der Waals surface area contributed by atoms with Crippen LogP contribution in [0.2, 0.25) is 18.1 Å². The van der Waals surface area contributed by atoms with E-state index in [1.165, 1.54) is 6.20 Å². The number of hydrogen-bond acceptors (Lipinski definition) is 8. The first-order valence-corrected chi connectivity index (χ1v) is 23.6. The van der Waals surface area contributed by atoms with Crippen molar-refractivity contribution in [2.24, 2.45) is 5.73 Å². The molecule has 5 rings (SSSR count). The van der Waals surface area contributed by atoms with Crippen LogP contribution in [0, 0.1) is 6.92 Å². The number of carbonyl (C=O) groups excluding carboxylic acids is 2. The molecule has 11 heteroatoms. The highest BCUT2D eigenvalue weighted by Crippen LogP contribution is 2.38. The van der Waals surface area contributed by atoms with Gasteiger partial charge >= 0.3 is 0 Å². The highest BCUT2D eigenvalue weighted by Gasteiger charge is 2.37. The summed E-state index contributed by atoms with van der Waals surface area (Å²) in [7, 11) is -0.361. The van der Waals surface area contributed by atoms with Gasteiger partial charge in [0, 0.05) is 41.0 Å². The molecule has 10 nitrogen and oxygen atoms in total. The van der Waals surface area contributed by atoms with Crippen molar-refractivity contribution < 1.29 is 29.0 Å². The first-order valence-electron chi connectivity index (χ1n) is 20.7. The molecule has 0 saturated carbocycles. The van der Waals surface area contributed by atoms with E-state index >= 15 is 0 Å². The average Bonchev–Trinajstić information content (AvgIpc) is 3.19. The summed E-state index contributed by atoms with van der Waals surface area (Å²) in [6, 6.07) is 24.6. The summed E-state index contributed by atoms with van der Waals surface area (Å²) in [6.45, 7) is 13.9. The number of nitrogens with one attached hydrogen (secondary N) is 2. The van der Waals surface area contributed by atoms with E-state index in [9.17, 15) is 19.8 Å². The lowest BCUT2D eigenvalue weighted by molar-refractivity contribution is 0.0951. The third-order valence-corrected chi connectivity index (χ3v) is 16.0. The number of phenolic OH excluding ortho intramolecular Hbond substituents is 1. The maximum absolute atomic E-state index is 13.1. The molecule has 0 radical (unpaired) electrons. The van der Waals surface area contributed by atoms with Gasteiger partial charge in [-0.3, -0.25) is 14.6 Å². The maximum Gasteiger partial charge on any atom is 0.252 e. The Morgan fingerprint density at radius 3 is 2.36 bits per heavy atom. The van der Waals surface area contributed by atoms with E-state index < -0.39 is 20.3 Å². The molecule has 0 aliphatic heterocycles. The number of hydrogen-bond donors (Lipinski definition) is 5. The monoisotopic (exact) mass is 818 g/mol. The Bertz CT molecular complexity index is 2230. The molecule has 1 heterocycles. The zero-order valence-electron chi connectivity index (χ0n) is 35.8. The number of fused-ring (bicyclic) bond motifs is 1. The van der Waals surface area contributed by atoms with Crippen molar-refractivity contribution in [1.82, 2.24) is 10.3 Å². The number of aliphatic hydroxyl groups excluding tert-OH is 1. The van der Waals surface area contributed by atoms with Gasteiger partial charge in [0.05, 0.1) is 36.6 Å². The van der Waals surface area contributed by atoms with Crippen molar-refractivity contribution in [1.29, 1.82) is 0 Å². The number of unbranched alkanes of at least 4 members (excludes halogenated alkanes) is 5. The van der Waals surface area contributed by atoms with Gasteiger partial charge in [0.1, 0.15) is 11.5 Å². The van der Waals surface area contributed by atoms with E-state index in [1.54, 1.807) is 19.2 Å². The second kappa shape index (κ2) is 20.2. The van der Waals surface area contributed by atoms with Gasteiger partial charge in [-0.1, -0.05) is 83.2 Å². The molecule has 0 bridgehead atoms. The van der Waals surface area contributed by atoms with E-state index in [1.807, 2.05) is 67.6 Å². The number of nitrogens with zero attached hydrogens (tertiary/aromatic N) is 1. The molecule has 2 amide bonds. The van der Waals surface area contributed by atoms with Crippen LogP contribution in [0.3, 0.4) is 0 Å². The zero-order chi connectivity index (χ0) is 42.7. The number of aromatic hydroxyl groups is 1. The molecule has 1 atom stereocenters. The highest BCUT2D eigenvalue weighted by atomic mass is 28.4. The number of ether oxygens (including phenoxy) is 1. The number of carbonyl (C=O) groups is 2.